The molecule has 0 bridgehead atoms. The second kappa shape index (κ2) is 10.6. The highest BCUT2D eigenvalue weighted by atomic mass is 35.5. The Morgan fingerprint density at radius 2 is 1.87 bits per heavy atom. The van der Waals surface area contributed by atoms with Gasteiger partial charge in [-0.15, -0.1) is 0 Å². The van der Waals surface area contributed by atoms with Crippen LogP contribution in [-0.4, -0.2) is 29.4 Å². The topological polar surface area (TPSA) is 80.3 Å². The van der Waals surface area contributed by atoms with E-state index in [1.807, 2.05) is 19.1 Å². The van der Waals surface area contributed by atoms with E-state index >= 15 is 0 Å². The Morgan fingerprint density at radius 1 is 1.10 bits per heavy atom. The summed E-state index contributed by atoms with van der Waals surface area (Å²) in [5.74, 6) is 0.309. The largest absolute Gasteiger partial charge is 0.484 e. The molecule has 1 aromatic carbocycles. The molecule has 0 aliphatic heterocycles. The summed E-state index contributed by atoms with van der Waals surface area (Å²) in [7, 11) is 0. The molecule has 0 spiro atoms. The van der Waals surface area contributed by atoms with Crippen LogP contribution in [-0.2, 0) is 16.1 Å². The number of hydrogen-bond acceptors (Lipinski definition) is 4. The van der Waals surface area contributed by atoms with E-state index < -0.39 is 0 Å². The Hall–Kier alpha value is -2.31. The van der Waals surface area contributed by atoms with Crippen LogP contribution in [0.1, 0.15) is 36.9 Å². The first-order valence-electron chi connectivity index (χ1n) is 9.97. The number of rotatable bonds is 7. The lowest BCUT2D eigenvalue weighted by molar-refractivity contribution is -0.126. The van der Waals surface area contributed by atoms with E-state index in [0.717, 1.165) is 36.9 Å². The minimum Gasteiger partial charge on any atom is -0.484 e. The molecule has 1 aromatic heterocycles. The second-order valence-corrected chi connectivity index (χ2v) is 8.34. The van der Waals surface area contributed by atoms with E-state index in [0.29, 0.717) is 22.3 Å². The zero-order valence-corrected chi connectivity index (χ0v) is 18.3. The standard InChI is InChI=1S/C22H25Cl2N3O3/c1-14-2-5-17(25-11-14)12-26-22(29)15-3-6-16(7-4-15)27-21(28)13-30-18-8-9-19(23)20(24)10-18/h2,5,8-11,15-16H,3-4,6-7,12-13H2,1H3,(H,26,29)(H,27,28)/t15-,16-. The lowest BCUT2D eigenvalue weighted by atomic mass is 9.85. The fourth-order valence-corrected chi connectivity index (χ4v) is 3.70. The third kappa shape index (κ3) is 6.61. The van der Waals surface area contributed by atoms with E-state index in [2.05, 4.69) is 15.6 Å². The Labute approximate surface area is 186 Å². The van der Waals surface area contributed by atoms with Crippen molar-refractivity contribution in [1.82, 2.24) is 15.6 Å². The molecule has 8 heteroatoms. The van der Waals surface area contributed by atoms with Crippen LogP contribution in [0.5, 0.6) is 5.75 Å². The highest BCUT2D eigenvalue weighted by Gasteiger charge is 2.27. The zero-order valence-electron chi connectivity index (χ0n) is 16.8. The molecule has 30 heavy (non-hydrogen) atoms. The predicted octanol–water partition coefficient (Wildman–Crippen LogP) is 4.07. The van der Waals surface area contributed by atoms with Crippen LogP contribution < -0.4 is 15.4 Å². The van der Waals surface area contributed by atoms with Gasteiger partial charge in [-0.05, 0) is 56.4 Å². The van der Waals surface area contributed by atoms with Crippen molar-refractivity contribution in [1.29, 1.82) is 0 Å². The summed E-state index contributed by atoms with van der Waals surface area (Å²) in [5, 5.41) is 6.75. The molecule has 1 aliphatic rings. The van der Waals surface area contributed by atoms with Crippen LogP contribution in [0, 0.1) is 12.8 Å². The number of nitrogens with zero attached hydrogens (tertiary/aromatic N) is 1. The van der Waals surface area contributed by atoms with Gasteiger partial charge in [0, 0.05) is 24.2 Å². The average Bonchev–Trinajstić information content (AvgIpc) is 2.74. The summed E-state index contributed by atoms with van der Waals surface area (Å²) in [6.07, 6.45) is 4.80. The number of ether oxygens (including phenoxy) is 1. The molecule has 1 aliphatic carbocycles. The number of aryl methyl sites for hydroxylation is 1. The molecule has 0 atom stereocenters. The smallest absolute Gasteiger partial charge is 0.258 e. The number of carbonyl (C=O) groups is 2. The first kappa shape index (κ1) is 22.4. The third-order valence-corrected chi connectivity index (χ3v) is 5.88. The fraction of sp³-hybridized carbons (Fsp3) is 0.409. The van der Waals surface area contributed by atoms with Gasteiger partial charge in [0.15, 0.2) is 6.61 Å². The monoisotopic (exact) mass is 449 g/mol. The van der Waals surface area contributed by atoms with E-state index in [1.54, 1.807) is 24.4 Å². The number of hydrogen-bond donors (Lipinski definition) is 2. The van der Waals surface area contributed by atoms with E-state index in [1.165, 1.54) is 0 Å². The summed E-state index contributed by atoms with van der Waals surface area (Å²) in [6, 6.07) is 8.82. The summed E-state index contributed by atoms with van der Waals surface area (Å²) in [4.78, 5) is 28.9. The van der Waals surface area contributed by atoms with Crippen molar-refractivity contribution >= 4 is 35.0 Å². The van der Waals surface area contributed by atoms with Crippen LogP contribution in [0.2, 0.25) is 10.0 Å². The number of amides is 2. The summed E-state index contributed by atoms with van der Waals surface area (Å²) >= 11 is 11.8. The molecule has 1 fully saturated rings. The van der Waals surface area contributed by atoms with Gasteiger partial charge in [0.1, 0.15) is 5.75 Å². The summed E-state index contributed by atoms with van der Waals surface area (Å²) in [6.45, 7) is 2.32. The van der Waals surface area contributed by atoms with Crippen molar-refractivity contribution in [3.8, 4) is 5.75 Å². The molecule has 0 saturated heterocycles. The lowest BCUT2D eigenvalue weighted by Crippen LogP contribution is -2.42. The molecule has 160 valence electrons. The summed E-state index contributed by atoms with van der Waals surface area (Å²) < 4.78 is 5.46. The normalized spacial score (nSPS) is 18.5. The third-order valence-electron chi connectivity index (χ3n) is 5.14. The van der Waals surface area contributed by atoms with Crippen LogP contribution >= 0.6 is 23.2 Å². The number of halogens is 2. The maximum Gasteiger partial charge on any atom is 0.258 e. The molecule has 2 aromatic rings. The molecule has 1 saturated carbocycles. The first-order valence-corrected chi connectivity index (χ1v) is 10.7. The number of benzene rings is 1. The van der Waals surface area contributed by atoms with Gasteiger partial charge in [0.05, 0.1) is 22.3 Å². The lowest BCUT2D eigenvalue weighted by Gasteiger charge is -2.28. The molecule has 2 N–H and O–H groups in total. The van der Waals surface area contributed by atoms with Crippen LogP contribution in [0.15, 0.2) is 36.5 Å². The maximum absolute atomic E-state index is 12.4. The van der Waals surface area contributed by atoms with Gasteiger partial charge in [0.25, 0.3) is 5.91 Å². The van der Waals surface area contributed by atoms with Crippen molar-refractivity contribution in [2.75, 3.05) is 6.61 Å². The number of nitrogens with one attached hydrogen (secondary N) is 2. The maximum atomic E-state index is 12.4. The Morgan fingerprint density at radius 3 is 2.53 bits per heavy atom. The molecule has 0 radical (unpaired) electrons. The van der Waals surface area contributed by atoms with Gasteiger partial charge in [-0.25, -0.2) is 0 Å². The summed E-state index contributed by atoms with van der Waals surface area (Å²) in [5.41, 5.74) is 1.93. The Bertz CT molecular complexity index is 882. The predicted molar refractivity (Wildman–Crippen MR) is 117 cm³/mol. The quantitative estimate of drug-likeness (QED) is 0.667. The minimum atomic E-state index is -0.195. The van der Waals surface area contributed by atoms with Crippen molar-refractivity contribution in [2.45, 2.75) is 45.2 Å². The van der Waals surface area contributed by atoms with Gasteiger partial charge in [-0.2, -0.15) is 0 Å². The van der Waals surface area contributed by atoms with E-state index in [9.17, 15) is 9.59 Å². The number of aromatic nitrogens is 1. The Balaban J connectivity index is 1.36. The van der Waals surface area contributed by atoms with Crippen LogP contribution in [0.25, 0.3) is 0 Å². The van der Waals surface area contributed by atoms with Gasteiger partial charge < -0.3 is 15.4 Å². The number of pyridine rings is 1. The molecule has 0 unspecified atom stereocenters. The molecule has 3 rings (SSSR count). The number of carbonyl (C=O) groups excluding carboxylic acids is 2. The first-order chi connectivity index (χ1) is 14.4. The zero-order chi connectivity index (χ0) is 21.5. The minimum absolute atomic E-state index is 0.0314. The Kier molecular flexibility index (Phi) is 7.94. The molecular weight excluding hydrogens is 425 g/mol. The molecular formula is C22H25Cl2N3O3. The van der Waals surface area contributed by atoms with E-state index in [4.69, 9.17) is 27.9 Å². The van der Waals surface area contributed by atoms with Gasteiger partial charge in [0.2, 0.25) is 5.91 Å². The average molecular weight is 450 g/mol. The van der Waals surface area contributed by atoms with Crippen LogP contribution in [0.3, 0.4) is 0 Å². The van der Waals surface area contributed by atoms with Gasteiger partial charge in [-0.3, -0.25) is 14.6 Å². The van der Waals surface area contributed by atoms with Crippen molar-refractivity contribution in [2.24, 2.45) is 5.92 Å². The van der Waals surface area contributed by atoms with E-state index in [-0.39, 0.29) is 30.4 Å². The molecule has 2 amide bonds. The molecule has 6 nitrogen and oxygen atoms in total. The SMILES string of the molecule is Cc1ccc(CNC(=O)[C@H]2CC[C@H](NC(=O)COc3ccc(Cl)c(Cl)c3)CC2)nc1. The highest BCUT2D eigenvalue weighted by Crippen LogP contribution is 2.27. The second-order valence-electron chi connectivity index (χ2n) is 7.53. The fourth-order valence-electron chi connectivity index (χ4n) is 3.41. The highest BCUT2D eigenvalue weighted by molar-refractivity contribution is 6.42. The molecule has 1 heterocycles. The van der Waals surface area contributed by atoms with Crippen molar-refractivity contribution < 1.29 is 14.3 Å². The van der Waals surface area contributed by atoms with Crippen LogP contribution in [0.4, 0.5) is 0 Å². The van der Waals surface area contributed by atoms with Gasteiger partial charge >= 0.3 is 0 Å². The van der Waals surface area contributed by atoms with Crippen molar-refractivity contribution in [3.63, 3.8) is 0 Å². The van der Waals surface area contributed by atoms with Gasteiger partial charge in [-0.1, -0.05) is 29.3 Å². The van der Waals surface area contributed by atoms with Crippen molar-refractivity contribution in [3.05, 3.63) is 57.8 Å².